The maximum Gasteiger partial charge on any atom is 0.128 e. The molecule has 1 atom stereocenters. The van der Waals surface area contributed by atoms with Crippen molar-refractivity contribution in [2.75, 3.05) is 14.2 Å². The van der Waals surface area contributed by atoms with Gasteiger partial charge in [0.15, 0.2) is 0 Å². The van der Waals surface area contributed by atoms with Crippen LogP contribution >= 0.6 is 0 Å². The molecule has 0 aromatic heterocycles. The molecule has 0 aliphatic carbocycles. The standard InChI is InChI=1S/C18H22O3/c1-13-6-4-5-7-14(13)8-11-17(19)16-10-9-15(20-2)12-18(16)21-3/h4-7,9-10,12,17,19H,8,11H2,1-3H3. The van der Waals surface area contributed by atoms with Crippen LogP contribution in [0.5, 0.6) is 11.5 Å². The van der Waals surface area contributed by atoms with Gasteiger partial charge in [0.2, 0.25) is 0 Å². The van der Waals surface area contributed by atoms with Crippen molar-refractivity contribution in [2.24, 2.45) is 0 Å². The predicted molar refractivity (Wildman–Crippen MR) is 84.0 cm³/mol. The van der Waals surface area contributed by atoms with Crippen molar-refractivity contribution in [3.63, 3.8) is 0 Å². The van der Waals surface area contributed by atoms with Gasteiger partial charge in [0.25, 0.3) is 0 Å². The summed E-state index contributed by atoms with van der Waals surface area (Å²) in [5.41, 5.74) is 3.32. The van der Waals surface area contributed by atoms with E-state index in [2.05, 4.69) is 19.1 Å². The van der Waals surface area contributed by atoms with Gasteiger partial charge in [-0.1, -0.05) is 24.3 Å². The largest absolute Gasteiger partial charge is 0.497 e. The van der Waals surface area contributed by atoms with Crippen molar-refractivity contribution >= 4 is 0 Å². The second kappa shape index (κ2) is 7.14. The van der Waals surface area contributed by atoms with Gasteiger partial charge in [-0.25, -0.2) is 0 Å². The summed E-state index contributed by atoms with van der Waals surface area (Å²) in [5, 5.41) is 10.4. The average molecular weight is 286 g/mol. The van der Waals surface area contributed by atoms with Crippen LogP contribution < -0.4 is 9.47 Å². The van der Waals surface area contributed by atoms with Gasteiger partial charge in [0.05, 0.1) is 20.3 Å². The SMILES string of the molecule is COc1ccc(C(O)CCc2ccccc2C)c(OC)c1. The second-order valence-corrected chi connectivity index (χ2v) is 5.09. The highest BCUT2D eigenvalue weighted by Crippen LogP contribution is 2.31. The fourth-order valence-corrected chi connectivity index (χ4v) is 2.43. The quantitative estimate of drug-likeness (QED) is 0.880. The molecule has 21 heavy (non-hydrogen) atoms. The molecule has 0 amide bonds. The van der Waals surface area contributed by atoms with Gasteiger partial charge in [0.1, 0.15) is 11.5 Å². The third-order valence-electron chi connectivity index (χ3n) is 3.75. The Balaban J connectivity index is 2.10. The van der Waals surface area contributed by atoms with E-state index in [1.54, 1.807) is 20.3 Å². The third-order valence-corrected chi connectivity index (χ3v) is 3.75. The molecular weight excluding hydrogens is 264 g/mol. The van der Waals surface area contributed by atoms with Crippen LogP contribution in [-0.2, 0) is 6.42 Å². The first-order valence-electron chi connectivity index (χ1n) is 7.10. The number of hydrogen-bond acceptors (Lipinski definition) is 3. The van der Waals surface area contributed by atoms with E-state index >= 15 is 0 Å². The minimum Gasteiger partial charge on any atom is -0.497 e. The van der Waals surface area contributed by atoms with Crippen molar-refractivity contribution in [3.8, 4) is 11.5 Å². The van der Waals surface area contributed by atoms with Gasteiger partial charge in [-0.05, 0) is 43.0 Å². The summed E-state index contributed by atoms with van der Waals surface area (Å²) in [6.07, 6.45) is 0.946. The predicted octanol–water partition coefficient (Wildman–Crippen LogP) is 3.68. The minimum atomic E-state index is -0.550. The molecule has 0 spiro atoms. The molecule has 0 bridgehead atoms. The number of aliphatic hydroxyl groups excluding tert-OH is 1. The fourth-order valence-electron chi connectivity index (χ4n) is 2.43. The Morgan fingerprint density at radius 2 is 1.81 bits per heavy atom. The molecule has 3 heteroatoms. The first kappa shape index (κ1) is 15.4. The zero-order valence-electron chi connectivity index (χ0n) is 12.8. The summed E-state index contributed by atoms with van der Waals surface area (Å²) in [5.74, 6) is 1.38. The van der Waals surface area contributed by atoms with Crippen LogP contribution in [0.3, 0.4) is 0 Å². The first-order chi connectivity index (χ1) is 10.2. The molecule has 0 aliphatic heterocycles. The summed E-state index contributed by atoms with van der Waals surface area (Å²) in [6, 6.07) is 13.8. The Kier molecular flexibility index (Phi) is 5.23. The molecule has 2 aromatic carbocycles. The van der Waals surface area contributed by atoms with E-state index in [0.717, 1.165) is 17.7 Å². The van der Waals surface area contributed by atoms with Crippen LogP contribution in [0.4, 0.5) is 0 Å². The summed E-state index contributed by atoms with van der Waals surface area (Å²) in [4.78, 5) is 0. The lowest BCUT2D eigenvalue weighted by Gasteiger charge is -2.16. The molecule has 0 aliphatic rings. The maximum absolute atomic E-state index is 10.4. The molecule has 0 radical (unpaired) electrons. The number of rotatable bonds is 6. The fraction of sp³-hybridized carbons (Fsp3) is 0.333. The van der Waals surface area contributed by atoms with E-state index in [0.29, 0.717) is 12.2 Å². The zero-order valence-corrected chi connectivity index (χ0v) is 12.8. The molecule has 0 saturated carbocycles. The van der Waals surface area contributed by atoms with E-state index < -0.39 is 6.10 Å². The minimum absolute atomic E-state index is 0.550. The van der Waals surface area contributed by atoms with Crippen LogP contribution in [0, 0.1) is 6.92 Å². The van der Waals surface area contributed by atoms with Gasteiger partial charge in [-0.2, -0.15) is 0 Å². The number of methoxy groups -OCH3 is 2. The molecule has 1 unspecified atom stereocenters. The molecule has 0 heterocycles. The van der Waals surface area contributed by atoms with Crippen molar-refractivity contribution in [1.29, 1.82) is 0 Å². The van der Waals surface area contributed by atoms with Gasteiger partial charge in [-0.15, -0.1) is 0 Å². The second-order valence-electron chi connectivity index (χ2n) is 5.09. The smallest absolute Gasteiger partial charge is 0.128 e. The Bertz CT molecular complexity index is 593. The lowest BCUT2D eigenvalue weighted by Crippen LogP contribution is -2.03. The Hall–Kier alpha value is -2.00. The van der Waals surface area contributed by atoms with Crippen LogP contribution in [0.1, 0.15) is 29.2 Å². The highest BCUT2D eigenvalue weighted by atomic mass is 16.5. The average Bonchev–Trinajstić information content (AvgIpc) is 2.53. The third kappa shape index (κ3) is 3.76. The van der Waals surface area contributed by atoms with Gasteiger partial charge in [-0.3, -0.25) is 0 Å². The van der Waals surface area contributed by atoms with Crippen molar-refractivity contribution in [2.45, 2.75) is 25.9 Å². The molecule has 112 valence electrons. The topological polar surface area (TPSA) is 38.7 Å². The number of aryl methyl sites for hydroxylation is 2. The molecule has 3 nitrogen and oxygen atoms in total. The van der Waals surface area contributed by atoms with Crippen molar-refractivity contribution < 1.29 is 14.6 Å². The normalized spacial score (nSPS) is 12.0. The van der Waals surface area contributed by atoms with E-state index in [-0.39, 0.29) is 0 Å². The van der Waals surface area contributed by atoms with Crippen LogP contribution in [0.25, 0.3) is 0 Å². The number of hydrogen-bond donors (Lipinski definition) is 1. The summed E-state index contributed by atoms with van der Waals surface area (Å²) in [7, 11) is 3.22. The Morgan fingerprint density at radius 1 is 1.05 bits per heavy atom. The van der Waals surface area contributed by atoms with Gasteiger partial charge >= 0.3 is 0 Å². The molecule has 0 saturated heterocycles. The zero-order chi connectivity index (χ0) is 15.2. The van der Waals surface area contributed by atoms with Gasteiger partial charge < -0.3 is 14.6 Å². The number of ether oxygens (including phenoxy) is 2. The van der Waals surface area contributed by atoms with Crippen LogP contribution in [-0.4, -0.2) is 19.3 Å². The maximum atomic E-state index is 10.4. The first-order valence-corrected chi connectivity index (χ1v) is 7.10. The molecule has 2 aromatic rings. The molecule has 0 fully saturated rings. The monoisotopic (exact) mass is 286 g/mol. The Labute approximate surface area is 126 Å². The van der Waals surface area contributed by atoms with Crippen molar-refractivity contribution in [1.82, 2.24) is 0 Å². The molecule has 2 rings (SSSR count). The molecular formula is C18H22O3. The highest BCUT2D eigenvalue weighted by molar-refractivity contribution is 5.42. The van der Waals surface area contributed by atoms with E-state index in [9.17, 15) is 5.11 Å². The van der Waals surface area contributed by atoms with Gasteiger partial charge in [0, 0.05) is 11.6 Å². The summed E-state index contributed by atoms with van der Waals surface area (Å²) < 4.78 is 10.5. The van der Waals surface area contributed by atoms with Crippen molar-refractivity contribution in [3.05, 3.63) is 59.2 Å². The number of benzene rings is 2. The summed E-state index contributed by atoms with van der Waals surface area (Å²) >= 11 is 0. The molecule has 1 N–H and O–H groups in total. The van der Waals surface area contributed by atoms with E-state index in [1.807, 2.05) is 24.3 Å². The highest BCUT2D eigenvalue weighted by Gasteiger charge is 2.14. The Morgan fingerprint density at radius 3 is 2.48 bits per heavy atom. The summed E-state index contributed by atoms with van der Waals surface area (Å²) in [6.45, 7) is 2.09. The lowest BCUT2D eigenvalue weighted by atomic mass is 9.98. The van der Waals surface area contributed by atoms with Crippen LogP contribution in [0.2, 0.25) is 0 Å². The van der Waals surface area contributed by atoms with Crippen LogP contribution in [0.15, 0.2) is 42.5 Å². The van der Waals surface area contributed by atoms with E-state index in [1.165, 1.54) is 11.1 Å². The van der Waals surface area contributed by atoms with E-state index in [4.69, 9.17) is 9.47 Å². The number of aliphatic hydroxyl groups is 1. The lowest BCUT2D eigenvalue weighted by molar-refractivity contribution is 0.163.